The molecule has 28 heavy (non-hydrogen) atoms. The van der Waals surface area contributed by atoms with Crippen LogP contribution in [0, 0.1) is 18.2 Å². The smallest absolute Gasteiger partial charge is 0.229 e. The monoisotopic (exact) mass is 388 g/mol. The number of ether oxygens (including phenoxy) is 2. The zero-order valence-corrected chi connectivity index (χ0v) is 14.9. The maximum atomic E-state index is 14.2. The molecule has 1 fully saturated rings. The summed E-state index contributed by atoms with van der Waals surface area (Å²) in [6.45, 7) is -0.562. The molecule has 2 aromatic carbocycles. The van der Waals surface area contributed by atoms with Crippen molar-refractivity contribution < 1.29 is 34.3 Å². The van der Waals surface area contributed by atoms with Gasteiger partial charge < -0.3 is 29.9 Å². The van der Waals surface area contributed by atoms with Crippen molar-refractivity contribution in [3.63, 3.8) is 0 Å². The van der Waals surface area contributed by atoms with Crippen LogP contribution in [0.5, 0.6) is 5.75 Å². The van der Waals surface area contributed by atoms with Gasteiger partial charge in [0, 0.05) is 12.0 Å². The lowest BCUT2D eigenvalue weighted by Gasteiger charge is -2.39. The molecular formula is C21H21FO6. The van der Waals surface area contributed by atoms with Gasteiger partial charge in [0.2, 0.25) is 6.29 Å². The van der Waals surface area contributed by atoms with Crippen LogP contribution in [0.1, 0.15) is 16.7 Å². The Hall–Kier alpha value is -2.47. The molecule has 1 aliphatic rings. The Morgan fingerprint density at radius 1 is 1.04 bits per heavy atom. The second-order valence-electron chi connectivity index (χ2n) is 6.59. The van der Waals surface area contributed by atoms with Crippen molar-refractivity contribution in [2.45, 2.75) is 37.1 Å². The molecule has 0 saturated carbocycles. The molecule has 7 heteroatoms. The molecule has 0 aliphatic carbocycles. The number of aliphatic hydroxyl groups is 4. The zero-order valence-electron chi connectivity index (χ0n) is 14.9. The molecule has 0 bridgehead atoms. The summed E-state index contributed by atoms with van der Waals surface area (Å²) in [4.78, 5) is 0. The summed E-state index contributed by atoms with van der Waals surface area (Å²) in [5, 5.41) is 38.9. The predicted molar refractivity (Wildman–Crippen MR) is 98.0 cm³/mol. The van der Waals surface area contributed by atoms with Gasteiger partial charge in [0.1, 0.15) is 36.0 Å². The summed E-state index contributed by atoms with van der Waals surface area (Å²) in [5.41, 5.74) is 1.93. The van der Waals surface area contributed by atoms with Crippen LogP contribution in [0.15, 0.2) is 42.5 Å². The van der Waals surface area contributed by atoms with Crippen LogP contribution < -0.4 is 4.74 Å². The third-order valence-corrected chi connectivity index (χ3v) is 4.63. The van der Waals surface area contributed by atoms with Gasteiger partial charge in [-0.3, -0.25) is 0 Å². The van der Waals surface area contributed by atoms with E-state index in [-0.39, 0.29) is 5.75 Å². The second-order valence-corrected chi connectivity index (χ2v) is 6.59. The molecule has 148 valence electrons. The van der Waals surface area contributed by atoms with E-state index in [2.05, 4.69) is 5.92 Å². The van der Waals surface area contributed by atoms with Gasteiger partial charge in [-0.15, -0.1) is 6.42 Å². The summed E-state index contributed by atoms with van der Waals surface area (Å²) >= 11 is 0. The third-order valence-electron chi connectivity index (χ3n) is 4.63. The Morgan fingerprint density at radius 3 is 2.39 bits per heavy atom. The van der Waals surface area contributed by atoms with Gasteiger partial charge >= 0.3 is 0 Å². The fraction of sp³-hybridized carbons (Fsp3) is 0.333. The number of hydrogen-bond donors (Lipinski definition) is 4. The molecule has 3 rings (SSSR count). The van der Waals surface area contributed by atoms with Gasteiger partial charge in [0.15, 0.2) is 0 Å². The van der Waals surface area contributed by atoms with Crippen LogP contribution in [0.25, 0.3) is 0 Å². The minimum Gasteiger partial charge on any atom is -0.462 e. The van der Waals surface area contributed by atoms with Crippen LogP contribution >= 0.6 is 0 Å². The SMILES string of the molecule is C#Cc1ccc(Cc2cc(O[C@@H]3O[C@H](CO)[C@@H](O)[C@H](O)[C@H]3O)ccc2F)cc1. The highest BCUT2D eigenvalue weighted by Crippen LogP contribution is 2.26. The molecule has 0 spiro atoms. The molecule has 0 amide bonds. The van der Waals surface area contributed by atoms with Crippen molar-refractivity contribution in [1.82, 2.24) is 0 Å². The van der Waals surface area contributed by atoms with E-state index in [1.54, 1.807) is 24.3 Å². The van der Waals surface area contributed by atoms with E-state index in [9.17, 15) is 24.8 Å². The first kappa shape index (κ1) is 20.3. The first-order valence-electron chi connectivity index (χ1n) is 8.74. The fourth-order valence-electron chi connectivity index (χ4n) is 3.00. The Kier molecular flexibility index (Phi) is 6.29. The Morgan fingerprint density at radius 2 is 1.75 bits per heavy atom. The Bertz CT molecular complexity index is 845. The minimum atomic E-state index is -1.55. The number of halogens is 1. The van der Waals surface area contributed by atoms with Crippen molar-refractivity contribution >= 4 is 0 Å². The summed E-state index contributed by atoms with van der Waals surface area (Å²) in [5.74, 6) is 2.30. The second kappa shape index (κ2) is 8.69. The molecule has 1 heterocycles. The van der Waals surface area contributed by atoms with Crippen molar-refractivity contribution in [1.29, 1.82) is 0 Å². The summed E-state index contributed by atoms with van der Waals surface area (Å²) in [6, 6.07) is 11.2. The summed E-state index contributed by atoms with van der Waals surface area (Å²) < 4.78 is 25.1. The van der Waals surface area contributed by atoms with Gasteiger partial charge in [-0.1, -0.05) is 18.1 Å². The van der Waals surface area contributed by atoms with E-state index >= 15 is 0 Å². The van der Waals surface area contributed by atoms with Crippen molar-refractivity contribution in [3.05, 3.63) is 65.0 Å². The lowest BCUT2D eigenvalue weighted by atomic mass is 9.99. The Balaban J connectivity index is 1.76. The number of terminal acetylenes is 1. The van der Waals surface area contributed by atoms with Crippen LogP contribution in [0.2, 0.25) is 0 Å². The van der Waals surface area contributed by atoms with Crippen molar-refractivity contribution in [3.8, 4) is 18.1 Å². The topological polar surface area (TPSA) is 99.4 Å². The normalized spacial score (nSPS) is 27.2. The maximum Gasteiger partial charge on any atom is 0.229 e. The highest BCUT2D eigenvalue weighted by molar-refractivity contribution is 5.38. The molecule has 2 aromatic rings. The van der Waals surface area contributed by atoms with Crippen LogP contribution in [-0.4, -0.2) is 57.7 Å². The van der Waals surface area contributed by atoms with Gasteiger partial charge in [-0.2, -0.15) is 0 Å². The molecule has 5 atom stereocenters. The Labute approximate surface area is 161 Å². The first-order chi connectivity index (χ1) is 13.4. The van der Waals surface area contributed by atoms with Gasteiger partial charge in [0.05, 0.1) is 6.61 Å². The molecule has 6 nitrogen and oxygen atoms in total. The average molecular weight is 388 g/mol. The largest absolute Gasteiger partial charge is 0.462 e. The highest BCUT2D eigenvalue weighted by atomic mass is 19.1. The van der Waals surface area contributed by atoms with Gasteiger partial charge in [0.25, 0.3) is 0 Å². The van der Waals surface area contributed by atoms with E-state index < -0.39 is 43.1 Å². The van der Waals surface area contributed by atoms with Crippen molar-refractivity contribution in [2.75, 3.05) is 6.61 Å². The van der Waals surface area contributed by atoms with Crippen LogP contribution in [-0.2, 0) is 11.2 Å². The maximum absolute atomic E-state index is 14.2. The minimum absolute atomic E-state index is 0.209. The summed E-state index contributed by atoms with van der Waals surface area (Å²) in [6.07, 6.45) is -1.36. The first-order valence-corrected chi connectivity index (χ1v) is 8.74. The van der Waals surface area contributed by atoms with E-state index in [1.807, 2.05) is 0 Å². The third kappa shape index (κ3) is 4.33. The molecule has 0 aromatic heterocycles. The van der Waals surface area contributed by atoms with Crippen LogP contribution in [0.3, 0.4) is 0 Å². The lowest BCUT2D eigenvalue weighted by molar-refractivity contribution is -0.277. The van der Waals surface area contributed by atoms with Gasteiger partial charge in [-0.05, 0) is 41.5 Å². The van der Waals surface area contributed by atoms with E-state index in [0.717, 1.165) is 11.1 Å². The number of hydrogen-bond acceptors (Lipinski definition) is 6. The van der Waals surface area contributed by atoms with E-state index in [0.29, 0.717) is 12.0 Å². The van der Waals surface area contributed by atoms with E-state index in [4.69, 9.17) is 15.9 Å². The number of rotatable bonds is 5. The average Bonchev–Trinajstić information content (AvgIpc) is 2.71. The van der Waals surface area contributed by atoms with Crippen molar-refractivity contribution in [2.24, 2.45) is 0 Å². The molecule has 1 saturated heterocycles. The van der Waals surface area contributed by atoms with Gasteiger partial charge in [-0.25, -0.2) is 4.39 Å². The molecule has 0 radical (unpaired) electrons. The summed E-state index contributed by atoms with van der Waals surface area (Å²) in [7, 11) is 0. The highest BCUT2D eigenvalue weighted by Gasteiger charge is 2.44. The van der Waals surface area contributed by atoms with E-state index in [1.165, 1.54) is 18.2 Å². The molecular weight excluding hydrogens is 367 g/mol. The predicted octanol–water partition coefficient (Wildman–Crippen LogP) is 0.576. The molecule has 4 N–H and O–H groups in total. The fourth-order valence-corrected chi connectivity index (χ4v) is 3.00. The quantitative estimate of drug-likeness (QED) is 0.559. The number of aliphatic hydroxyl groups excluding tert-OH is 4. The van der Waals surface area contributed by atoms with Crippen LogP contribution in [0.4, 0.5) is 4.39 Å². The number of benzene rings is 2. The standard InChI is InChI=1S/C21H21FO6/c1-2-12-3-5-13(6-4-12)9-14-10-15(7-8-16(14)22)27-21-20(26)19(25)18(24)17(11-23)28-21/h1,3-8,10,17-21,23-26H,9,11H2/t17-,18-,19+,20-,21-/m1/s1. The molecule has 1 aliphatic heterocycles. The lowest BCUT2D eigenvalue weighted by Crippen LogP contribution is -2.60. The molecule has 0 unspecified atom stereocenters. The zero-order chi connectivity index (χ0) is 20.3.